The van der Waals surface area contributed by atoms with Gasteiger partial charge in [-0.15, -0.1) is 0 Å². The monoisotopic (exact) mass is 404 g/mol. The Balaban J connectivity index is 0.000000221. The summed E-state index contributed by atoms with van der Waals surface area (Å²) in [5.74, 6) is 0. The smallest absolute Gasteiger partial charge is 0.208 e. The number of carbonyl (C=O) groups is 1. The number of hydrogen-bond acceptors (Lipinski definition) is 4. The fourth-order valence-corrected chi connectivity index (χ4v) is 5.00. The number of halogens is 1. The summed E-state index contributed by atoms with van der Waals surface area (Å²) >= 11 is 6.29. The molecule has 0 radical (unpaired) electrons. The highest BCUT2D eigenvalue weighted by atomic mass is 35.5. The summed E-state index contributed by atoms with van der Waals surface area (Å²) in [6, 6.07) is 9.49. The Kier molecular flexibility index (Phi) is 6.30. The van der Waals surface area contributed by atoms with Gasteiger partial charge >= 0.3 is 0 Å². The maximum atomic E-state index is 12.5. The van der Waals surface area contributed by atoms with E-state index in [0.29, 0.717) is 11.4 Å². The van der Waals surface area contributed by atoms with Crippen LogP contribution in [0.5, 0.6) is 0 Å². The second kappa shape index (κ2) is 8.68. The molecule has 8 heteroatoms. The van der Waals surface area contributed by atoms with E-state index in [1.807, 2.05) is 36.5 Å². The van der Waals surface area contributed by atoms with Crippen molar-refractivity contribution in [3.8, 4) is 11.8 Å². The van der Waals surface area contributed by atoms with Gasteiger partial charge in [0.05, 0.1) is 32.5 Å². The average molecular weight is 405 g/mol. The Bertz CT molecular complexity index is 853. The maximum Gasteiger partial charge on any atom is 0.208 e. The van der Waals surface area contributed by atoms with Crippen LogP contribution < -0.4 is 5.32 Å². The summed E-state index contributed by atoms with van der Waals surface area (Å²) in [7, 11) is -0.987. The Morgan fingerprint density at radius 1 is 1.37 bits per heavy atom. The van der Waals surface area contributed by atoms with Crippen molar-refractivity contribution < 1.29 is 9.00 Å². The lowest BCUT2D eigenvalue weighted by Gasteiger charge is -2.11. The maximum absolute atomic E-state index is 12.5. The number of nitrogens with zero attached hydrogens (tertiary/aromatic N) is 3. The Hall–Kier alpha value is -2.17. The number of hydrogen-bond donors (Lipinski definition) is 1. The van der Waals surface area contributed by atoms with E-state index >= 15 is 0 Å². The van der Waals surface area contributed by atoms with Crippen molar-refractivity contribution in [1.82, 2.24) is 15.1 Å². The molecule has 4 rings (SSSR count). The van der Waals surface area contributed by atoms with Crippen LogP contribution in [0.4, 0.5) is 0 Å². The lowest BCUT2D eigenvalue weighted by atomic mass is 10.3. The molecule has 0 bridgehead atoms. The molecule has 2 aliphatic carbocycles. The van der Waals surface area contributed by atoms with Crippen molar-refractivity contribution in [3.05, 3.63) is 41.7 Å². The van der Waals surface area contributed by atoms with Crippen LogP contribution in [-0.4, -0.2) is 31.2 Å². The third-order valence-corrected chi connectivity index (χ3v) is 7.10. The fourth-order valence-electron chi connectivity index (χ4n) is 3.03. The van der Waals surface area contributed by atoms with Gasteiger partial charge in [0, 0.05) is 17.6 Å². The van der Waals surface area contributed by atoms with Crippen molar-refractivity contribution >= 4 is 28.8 Å². The van der Waals surface area contributed by atoms with E-state index < -0.39 is 16.3 Å². The molecule has 142 valence electrons. The molecule has 0 aliphatic heterocycles. The molecule has 2 aliphatic rings. The van der Waals surface area contributed by atoms with Gasteiger partial charge in [-0.2, -0.15) is 10.4 Å². The quantitative estimate of drug-likeness (QED) is 0.774. The van der Waals surface area contributed by atoms with Gasteiger partial charge < -0.3 is 5.32 Å². The third-order valence-electron chi connectivity index (χ3n) is 4.81. The molecule has 2 aromatic rings. The van der Waals surface area contributed by atoms with Crippen LogP contribution in [0.1, 0.15) is 38.5 Å². The van der Waals surface area contributed by atoms with Gasteiger partial charge in [0.15, 0.2) is 0 Å². The predicted octanol–water partition coefficient (Wildman–Crippen LogP) is 3.36. The lowest BCUT2D eigenvalue weighted by molar-refractivity contribution is -0.110. The van der Waals surface area contributed by atoms with Crippen LogP contribution in [-0.2, 0) is 15.6 Å². The van der Waals surface area contributed by atoms with Crippen LogP contribution in [0, 0.1) is 11.3 Å². The first kappa shape index (κ1) is 19.6. The minimum Gasteiger partial charge on any atom is -0.340 e. The fraction of sp³-hybridized carbons (Fsp3) is 0.421. The highest BCUT2D eigenvalue weighted by Gasteiger charge is 2.42. The number of rotatable bonds is 5. The van der Waals surface area contributed by atoms with E-state index in [4.69, 9.17) is 16.9 Å². The molecule has 1 unspecified atom stereocenters. The van der Waals surface area contributed by atoms with Gasteiger partial charge in [0.25, 0.3) is 0 Å². The van der Waals surface area contributed by atoms with Crippen LogP contribution in [0.25, 0.3) is 5.69 Å². The van der Waals surface area contributed by atoms with Gasteiger partial charge in [0.2, 0.25) is 6.41 Å². The van der Waals surface area contributed by atoms with E-state index in [9.17, 15) is 9.00 Å². The Morgan fingerprint density at radius 3 is 2.59 bits per heavy atom. The summed E-state index contributed by atoms with van der Waals surface area (Å²) in [4.78, 5) is 10.5. The van der Waals surface area contributed by atoms with Crippen LogP contribution in [0.3, 0.4) is 0 Å². The highest BCUT2D eigenvalue weighted by molar-refractivity contribution is 7.85. The Morgan fingerprint density at radius 2 is 2.11 bits per heavy atom. The number of carbonyl (C=O) groups excluding carboxylic acids is 1. The summed E-state index contributed by atoms with van der Waals surface area (Å²) in [6.07, 6.45) is 10.2. The average Bonchev–Trinajstić information content (AvgIpc) is 3.11. The first-order valence-electron chi connectivity index (χ1n) is 8.91. The van der Waals surface area contributed by atoms with Crippen molar-refractivity contribution in [2.75, 3.05) is 0 Å². The van der Waals surface area contributed by atoms with E-state index in [1.165, 1.54) is 12.8 Å². The molecule has 1 atom stereocenters. The molecule has 0 saturated heterocycles. The van der Waals surface area contributed by atoms with Crippen LogP contribution >= 0.6 is 11.6 Å². The molecule has 2 saturated carbocycles. The molecule has 1 N–H and O–H groups in total. The molecule has 1 aromatic carbocycles. The molecule has 0 spiro atoms. The summed E-state index contributed by atoms with van der Waals surface area (Å²) in [6.45, 7) is 0. The van der Waals surface area contributed by atoms with Crippen molar-refractivity contribution in [3.63, 3.8) is 0 Å². The lowest BCUT2D eigenvalue weighted by Crippen LogP contribution is -2.27. The van der Waals surface area contributed by atoms with Gasteiger partial charge in [-0.3, -0.25) is 9.00 Å². The van der Waals surface area contributed by atoms with Crippen molar-refractivity contribution in [2.24, 2.45) is 0 Å². The second-order valence-corrected chi connectivity index (χ2v) is 8.83. The van der Waals surface area contributed by atoms with E-state index in [-0.39, 0.29) is 5.25 Å². The normalized spacial score (nSPS) is 18.7. The predicted molar refractivity (Wildman–Crippen MR) is 104 cm³/mol. The number of nitriles is 1. The molecule has 1 aromatic heterocycles. The topological polar surface area (TPSA) is 87.8 Å². The number of amides is 1. The summed E-state index contributed by atoms with van der Waals surface area (Å²) < 4.78 is 14.2. The summed E-state index contributed by atoms with van der Waals surface area (Å²) in [5.41, 5.74) is 0.420. The molecule has 27 heavy (non-hydrogen) atoms. The van der Waals surface area contributed by atoms with E-state index in [0.717, 1.165) is 36.3 Å². The third kappa shape index (κ3) is 4.76. The van der Waals surface area contributed by atoms with Crippen molar-refractivity contribution in [2.45, 2.75) is 54.2 Å². The zero-order valence-corrected chi connectivity index (χ0v) is 16.4. The number of nitrogens with one attached hydrogen (secondary N) is 1. The second-order valence-electron chi connectivity index (χ2n) is 6.73. The van der Waals surface area contributed by atoms with Gasteiger partial charge in [-0.25, -0.2) is 4.68 Å². The standard InChI is InChI=1S/C14H15ClN2OS.C5H6N2O/c15-13-10-11(17-9-3-8-16-17)6-7-14(13)19(18)12-4-1-2-5-12;6-3-5(1-2-5)7-4-8/h3,6-10,12H,1-2,4-5H2;4H,1-2H2,(H,7,8). The zero-order chi connectivity index (χ0) is 19.3. The first-order chi connectivity index (χ1) is 13.1. The van der Waals surface area contributed by atoms with E-state index in [2.05, 4.69) is 10.4 Å². The molecular weight excluding hydrogens is 384 g/mol. The number of aromatic nitrogens is 2. The van der Waals surface area contributed by atoms with Crippen LogP contribution in [0.2, 0.25) is 5.02 Å². The minimum absolute atomic E-state index is 0.271. The molecule has 2 fully saturated rings. The molecule has 1 amide bonds. The first-order valence-corrected chi connectivity index (χ1v) is 10.5. The Labute approximate surface area is 166 Å². The molecular formula is C19H21ClN4O2S. The number of benzene rings is 1. The van der Waals surface area contributed by atoms with E-state index in [1.54, 1.807) is 10.9 Å². The minimum atomic E-state index is -0.987. The van der Waals surface area contributed by atoms with Crippen LogP contribution in [0.15, 0.2) is 41.6 Å². The summed E-state index contributed by atoms with van der Waals surface area (Å²) in [5, 5.41) is 15.8. The van der Waals surface area contributed by atoms with Gasteiger partial charge in [0.1, 0.15) is 5.54 Å². The molecule has 1 heterocycles. The van der Waals surface area contributed by atoms with Gasteiger partial charge in [-0.05, 0) is 49.9 Å². The highest BCUT2D eigenvalue weighted by Crippen LogP contribution is 2.33. The van der Waals surface area contributed by atoms with Crippen molar-refractivity contribution in [1.29, 1.82) is 5.26 Å². The molecule has 6 nitrogen and oxygen atoms in total. The van der Waals surface area contributed by atoms with Gasteiger partial charge in [-0.1, -0.05) is 24.4 Å². The largest absolute Gasteiger partial charge is 0.340 e. The SMILES string of the molecule is N#CC1(NC=O)CC1.O=S(c1ccc(-n2cccn2)cc1Cl)C1CCCC1. The zero-order valence-electron chi connectivity index (χ0n) is 14.8.